The summed E-state index contributed by atoms with van der Waals surface area (Å²) in [6.07, 6.45) is 0.967. The first-order valence-corrected chi connectivity index (χ1v) is 4.02. The van der Waals surface area contributed by atoms with Crippen LogP contribution in [0.2, 0.25) is 0 Å². The fourth-order valence-corrected chi connectivity index (χ4v) is 0.888. The van der Waals surface area contributed by atoms with Gasteiger partial charge in [-0.05, 0) is 18.6 Å². The van der Waals surface area contributed by atoms with Crippen LogP contribution in [0.5, 0.6) is 5.75 Å². The molecule has 0 atom stereocenters. The van der Waals surface area contributed by atoms with E-state index in [9.17, 15) is 0 Å². The molecular formula is C9H14N2O. The van der Waals surface area contributed by atoms with E-state index in [1.807, 2.05) is 6.92 Å². The molecule has 3 nitrogen and oxygen atoms in total. The number of hydrogen-bond donors (Lipinski definition) is 2. The minimum atomic E-state index is 0.637. The number of rotatable bonds is 3. The summed E-state index contributed by atoms with van der Waals surface area (Å²) in [4.78, 5) is 0. The van der Waals surface area contributed by atoms with E-state index >= 15 is 0 Å². The molecule has 0 spiro atoms. The Morgan fingerprint density at radius 3 is 2.75 bits per heavy atom. The highest BCUT2D eigenvalue weighted by molar-refractivity contribution is 5.59. The second-order valence-corrected chi connectivity index (χ2v) is 2.65. The summed E-state index contributed by atoms with van der Waals surface area (Å²) in [5.74, 6) is 0.678. The van der Waals surface area contributed by atoms with E-state index in [-0.39, 0.29) is 0 Å². The molecule has 0 aliphatic carbocycles. The lowest BCUT2D eigenvalue weighted by Gasteiger charge is -2.07. The molecule has 0 aliphatic rings. The average Bonchev–Trinajstić information content (AvgIpc) is 2.07. The smallest absolute Gasteiger partial charge is 0.144 e. The third kappa shape index (κ3) is 2.05. The van der Waals surface area contributed by atoms with Crippen molar-refractivity contribution >= 4 is 11.4 Å². The van der Waals surface area contributed by atoms with E-state index in [1.165, 1.54) is 0 Å². The van der Waals surface area contributed by atoms with Gasteiger partial charge in [0.15, 0.2) is 0 Å². The molecule has 12 heavy (non-hydrogen) atoms. The lowest BCUT2D eigenvalue weighted by molar-refractivity contribution is 0.319. The van der Waals surface area contributed by atoms with E-state index in [0.717, 1.165) is 6.42 Å². The maximum atomic E-state index is 5.65. The van der Waals surface area contributed by atoms with Gasteiger partial charge in [-0.15, -0.1) is 0 Å². The van der Waals surface area contributed by atoms with E-state index in [1.54, 1.807) is 18.2 Å². The van der Waals surface area contributed by atoms with E-state index < -0.39 is 0 Å². The zero-order chi connectivity index (χ0) is 8.97. The Hall–Kier alpha value is -1.38. The molecule has 3 heteroatoms. The summed E-state index contributed by atoms with van der Waals surface area (Å²) in [5.41, 5.74) is 12.5. The second kappa shape index (κ2) is 3.85. The summed E-state index contributed by atoms with van der Waals surface area (Å²) >= 11 is 0. The Morgan fingerprint density at radius 2 is 2.08 bits per heavy atom. The number of nitrogen functional groups attached to an aromatic ring is 2. The van der Waals surface area contributed by atoms with Gasteiger partial charge in [-0.1, -0.05) is 6.92 Å². The topological polar surface area (TPSA) is 61.3 Å². The number of hydrogen-bond acceptors (Lipinski definition) is 3. The molecule has 0 heterocycles. The fourth-order valence-electron chi connectivity index (χ4n) is 0.888. The highest BCUT2D eigenvalue weighted by Crippen LogP contribution is 2.23. The lowest BCUT2D eigenvalue weighted by Crippen LogP contribution is -1.99. The van der Waals surface area contributed by atoms with Gasteiger partial charge in [0.1, 0.15) is 5.75 Å². The second-order valence-electron chi connectivity index (χ2n) is 2.65. The van der Waals surface area contributed by atoms with Crippen molar-refractivity contribution in [1.82, 2.24) is 0 Å². The summed E-state index contributed by atoms with van der Waals surface area (Å²) < 4.78 is 5.36. The van der Waals surface area contributed by atoms with Gasteiger partial charge in [0, 0.05) is 11.8 Å². The molecule has 1 aromatic carbocycles. The van der Waals surface area contributed by atoms with Gasteiger partial charge in [0.05, 0.1) is 12.3 Å². The van der Waals surface area contributed by atoms with Crippen molar-refractivity contribution in [2.45, 2.75) is 13.3 Å². The molecule has 0 unspecified atom stereocenters. The molecule has 0 saturated heterocycles. The lowest BCUT2D eigenvalue weighted by atomic mass is 10.2. The van der Waals surface area contributed by atoms with E-state index in [4.69, 9.17) is 16.2 Å². The van der Waals surface area contributed by atoms with Crippen LogP contribution in [0, 0.1) is 0 Å². The summed E-state index contributed by atoms with van der Waals surface area (Å²) in [5, 5.41) is 0. The third-order valence-corrected chi connectivity index (χ3v) is 1.50. The predicted octanol–water partition coefficient (Wildman–Crippen LogP) is 1.64. The van der Waals surface area contributed by atoms with E-state index in [2.05, 4.69) is 0 Å². The molecule has 0 aliphatic heterocycles. The molecule has 0 fully saturated rings. The normalized spacial score (nSPS) is 9.75. The molecule has 1 aromatic rings. The monoisotopic (exact) mass is 166 g/mol. The van der Waals surface area contributed by atoms with Crippen LogP contribution in [0.15, 0.2) is 18.2 Å². The van der Waals surface area contributed by atoms with Crippen molar-refractivity contribution in [2.75, 3.05) is 18.1 Å². The van der Waals surface area contributed by atoms with Crippen molar-refractivity contribution in [3.05, 3.63) is 18.2 Å². The molecule has 66 valence electrons. The first kappa shape index (κ1) is 8.71. The molecule has 0 bridgehead atoms. The Kier molecular flexibility index (Phi) is 2.80. The first-order chi connectivity index (χ1) is 5.74. The fraction of sp³-hybridized carbons (Fsp3) is 0.333. The number of anilines is 2. The molecule has 0 aromatic heterocycles. The van der Waals surface area contributed by atoms with Crippen LogP contribution in [-0.4, -0.2) is 6.61 Å². The first-order valence-electron chi connectivity index (χ1n) is 4.02. The van der Waals surface area contributed by atoms with Gasteiger partial charge < -0.3 is 16.2 Å². The van der Waals surface area contributed by atoms with Crippen molar-refractivity contribution in [3.8, 4) is 5.75 Å². The largest absolute Gasteiger partial charge is 0.491 e. The summed E-state index contributed by atoms with van der Waals surface area (Å²) in [6.45, 7) is 2.72. The zero-order valence-corrected chi connectivity index (χ0v) is 7.21. The molecular weight excluding hydrogens is 152 g/mol. The summed E-state index contributed by atoms with van der Waals surface area (Å²) in [7, 11) is 0. The Bertz CT molecular complexity index is 261. The molecule has 0 amide bonds. The number of ether oxygens (including phenoxy) is 1. The van der Waals surface area contributed by atoms with Crippen LogP contribution in [0.3, 0.4) is 0 Å². The van der Waals surface area contributed by atoms with Gasteiger partial charge >= 0.3 is 0 Å². The van der Waals surface area contributed by atoms with Crippen LogP contribution in [0.25, 0.3) is 0 Å². The highest BCUT2D eigenvalue weighted by Gasteiger charge is 1.98. The quantitative estimate of drug-likeness (QED) is 0.671. The van der Waals surface area contributed by atoms with Crippen LogP contribution < -0.4 is 16.2 Å². The molecule has 1 rings (SSSR count). The minimum Gasteiger partial charge on any atom is -0.491 e. The third-order valence-electron chi connectivity index (χ3n) is 1.50. The van der Waals surface area contributed by atoms with Crippen LogP contribution >= 0.6 is 0 Å². The van der Waals surface area contributed by atoms with Gasteiger partial charge in [-0.2, -0.15) is 0 Å². The highest BCUT2D eigenvalue weighted by atomic mass is 16.5. The van der Waals surface area contributed by atoms with Crippen LogP contribution in [-0.2, 0) is 0 Å². The number of nitrogens with two attached hydrogens (primary N) is 2. The molecule has 0 radical (unpaired) electrons. The molecule has 4 N–H and O–H groups in total. The number of benzene rings is 1. The van der Waals surface area contributed by atoms with Crippen LogP contribution in [0.1, 0.15) is 13.3 Å². The van der Waals surface area contributed by atoms with Crippen molar-refractivity contribution in [1.29, 1.82) is 0 Å². The van der Waals surface area contributed by atoms with Gasteiger partial charge in [0.25, 0.3) is 0 Å². The minimum absolute atomic E-state index is 0.637. The predicted molar refractivity (Wildman–Crippen MR) is 51.1 cm³/mol. The van der Waals surface area contributed by atoms with Gasteiger partial charge in [-0.3, -0.25) is 0 Å². The average molecular weight is 166 g/mol. The van der Waals surface area contributed by atoms with E-state index in [0.29, 0.717) is 23.7 Å². The van der Waals surface area contributed by atoms with Crippen molar-refractivity contribution < 1.29 is 4.74 Å². The van der Waals surface area contributed by atoms with Crippen LogP contribution in [0.4, 0.5) is 11.4 Å². The standard InChI is InChI=1S/C9H14N2O/c1-2-5-12-9-6-7(10)3-4-8(9)11/h3-4,6H,2,5,10-11H2,1H3. The van der Waals surface area contributed by atoms with Crippen molar-refractivity contribution in [3.63, 3.8) is 0 Å². The Balaban J connectivity index is 2.75. The maximum absolute atomic E-state index is 5.65. The molecule has 0 saturated carbocycles. The maximum Gasteiger partial charge on any atom is 0.144 e. The summed E-state index contributed by atoms with van der Waals surface area (Å²) in [6, 6.07) is 5.25. The zero-order valence-electron chi connectivity index (χ0n) is 7.21. The van der Waals surface area contributed by atoms with Gasteiger partial charge in [0.2, 0.25) is 0 Å². The Morgan fingerprint density at radius 1 is 1.33 bits per heavy atom. The van der Waals surface area contributed by atoms with Crippen molar-refractivity contribution in [2.24, 2.45) is 0 Å². The SMILES string of the molecule is CCCOc1cc(N)ccc1N. The van der Waals surface area contributed by atoms with Gasteiger partial charge in [-0.25, -0.2) is 0 Å². The Labute approximate surface area is 72.3 Å².